The molecule has 0 bridgehead atoms. The fourth-order valence-corrected chi connectivity index (χ4v) is 2.38. The Hall–Kier alpha value is -1.84. The molecule has 0 amide bonds. The molecule has 0 aromatic heterocycles. The molecule has 0 spiro atoms. The van der Waals surface area contributed by atoms with Crippen LogP contribution in [0.1, 0.15) is 36.9 Å². The minimum atomic E-state index is -0.237. The van der Waals surface area contributed by atoms with E-state index >= 15 is 0 Å². The standard InChI is InChI=1S/C18H20O3/c1-14(15-6-3-2-4-7-15)21-17-10-8-16(9-11-17)18-19-12-5-13-20-18/h2-4,6-11,14,18H,5,12-13H2,1H3. The van der Waals surface area contributed by atoms with Gasteiger partial charge in [-0.25, -0.2) is 0 Å². The third-order valence-electron chi connectivity index (χ3n) is 3.56. The van der Waals surface area contributed by atoms with Crippen LogP contribution in [0.15, 0.2) is 54.6 Å². The zero-order chi connectivity index (χ0) is 14.5. The number of ether oxygens (including phenoxy) is 3. The quantitative estimate of drug-likeness (QED) is 0.839. The summed E-state index contributed by atoms with van der Waals surface area (Å²) in [6.45, 7) is 3.57. The fraction of sp³-hybridized carbons (Fsp3) is 0.333. The molecule has 110 valence electrons. The molecule has 1 saturated heterocycles. The van der Waals surface area contributed by atoms with Crippen LogP contribution in [-0.4, -0.2) is 13.2 Å². The molecule has 1 unspecified atom stereocenters. The van der Waals surface area contributed by atoms with Gasteiger partial charge in [-0.05, 0) is 31.0 Å². The highest BCUT2D eigenvalue weighted by Gasteiger charge is 2.16. The Morgan fingerprint density at radius 2 is 1.62 bits per heavy atom. The highest BCUT2D eigenvalue weighted by atomic mass is 16.7. The topological polar surface area (TPSA) is 27.7 Å². The Morgan fingerprint density at radius 3 is 2.29 bits per heavy atom. The molecule has 3 heteroatoms. The summed E-state index contributed by atoms with van der Waals surface area (Å²) in [6.07, 6.45) is 0.755. The molecule has 21 heavy (non-hydrogen) atoms. The van der Waals surface area contributed by atoms with Gasteiger partial charge in [0.15, 0.2) is 6.29 Å². The van der Waals surface area contributed by atoms with Crippen molar-refractivity contribution in [2.45, 2.75) is 25.7 Å². The van der Waals surface area contributed by atoms with Gasteiger partial charge in [-0.2, -0.15) is 0 Å². The second-order valence-electron chi connectivity index (χ2n) is 5.17. The molecule has 0 saturated carbocycles. The molecule has 0 aliphatic carbocycles. The lowest BCUT2D eigenvalue weighted by Crippen LogP contribution is -2.17. The summed E-state index contributed by atoms with van der Waals surface area (Å²) in [7, 11) is 0. The van der Waals surface area contributed by atoms with Crippen molar-refractivity contribution in [1.82, 2.24) is 0 Å². The Bertz CT molecular complexity index is 544. The summed E-state index contributed by atoms with van der Waals surface area (Å²) < 4.78 is 17.1. The van der Waals surface area contributed by atoms with Crippen LogP contribution in [-0.2, 0) is 9.47 Å². The maximum absolute atomic E-state index is 5.96. The molecule has 3 nitrogen and oxygen atoms in total. The van der Waals surface area contributed by atoms with Crippen molar-refractivity contribution < 1.29 is 14.2 Å². The highest BCUT2D eigenvalue weighted by Crippen LogP contribution is 2.26. The number of hydrogen-bond acceptors (Lipinski definition) is 3. The summed E-state index contributed by atoms with van der Waals surface area (Å²) in [5.41, 5.74) is 2.20. The lowest BCUT2D eigenvalue weighted by atomic mass is 10.1. The number of hydrogen-bond donors (Lipinski definition) is 0. The Kier molecular flexibility index (Phi) is 4.53. The number of rotatable bonds is 4. The molecule has 2 aromatic rings. The van der Waals surface area contributed by atoms with E-state index in [4.69, 9.17) is 14.2 Å². The molecule has 2 aromatic carbocycles. The van der Waals surface area contributed by atoms with Crippen LogP contribution < -0.4 is 4.74 Å². The van der Waals surface area contributed by atoms with E-state index in [9.17, 15) is 0 Å². The molecular formula is C18H20O3. The van der Waals surface area contributed by atoms with E-state index in [0.29, 0.717) is 0 Å². The van der Waals surface area contributed by atoms with Crippen LogP contribution in [0, 0.1) is 0 Å². The second kappa shape index (κ2) is 6.74. The first-order valence-corrected chi connectivity index (χ1v) is 7.38. The lowest BCUT2D eigenvalue weighted by Gasteiger charge is -2.23. The monoisotopic (exact) mass is 284 g/mol. The van der Waals surface area contributed by atoms with E-state index in [2.05, 4.69) is 19.1 Å². The van der Waals surface area contributed by atoms with E-state index < -0.39 is 0 Å². The van der Waals surface area contributed by atoms with Crippen molar-refractivity contribution in [2.75, 3.05) is 13.2 Å². The molecule has 0 N–H and O–H groups in total. The molecule has 0 radical (unpaired) electrons. The zero-order valence-corrected chi connectivity index (χ0v) is 12.2. The van der Waals surface area contributed by atoms with Crippen LogP contribution in [0.25, 0.3) is 0 Å². The maximum atomic E-state index is 5.96. The smallest absolute Gasteiger partial charge is 0.183 e. The Labute approximate surface area is 125 Å². The normalized spacial score (nSPS) is 17.4. The zero-order valence-electron chi connectivity index (χ0n) is 12.2. The van der Waals surface area contributed by atoms with Crippen molar-refractivity contribution >= 4 is 0 Å². The summed E-state index contributed by atoms with van der Waals surface area (Å²) in [4.78, 5) is 0. The molecule has 1 heterocycles. The summed E-state index contributed by atoms with van der Waals surface area (Å²) in [5, 5.41) is 0. The van der Waals surface area contributed by atoms with E-state index in [-0.39, 0.29) is 12.4 Å². The largest absolute Gasteiger partial charge is 0.486 e. The van der Waals surface area contributed by atoms with Crippen LogP contribution >= 0.6 is 0 Å². The van der Waals surface area contributed by atoms with Crippen LogP contribution in [0.5, 0.6) is 5.75 Å². The average Bonchev–Trinajstić information content (AvgIpc) is 2.57. The van der Waals surface area contributed by atoms with Gasteiger partial charge in [0.2, 0.25) is 0 Å². The van der Waals surface area contributed by atoms with Crippen molar-refractivity contribution in [3.8, 4) is 5.75 Å². The SMILES string of the molecule is CC(Oc1ccc(C2OCCCO2)cc1)c1ccccc1. The third kappa shape index (κ3) is 3.63. The summed E-state index contributed by atoms with van der Waals surface area (Å²) in [6, 6.07) is 18.1. The molecule has 3 rings (SSSR count). The van der Waals surface area contributed by atoms with Crippen LogP contribution in [0.3, 0.4) is 0 Å². The van der Waals surface area contributed by atoms with E-state index in [0.717, 1.165) is 30.9 Å². The first kappa shape index (κ1) is 14.1. The second-order valence-corrected chi connectivity index (χ2v) is 5.17. The van der Waals surface area contributed by atoms with Gasteiger partial charge < -0.3 is 14.2 Å². The predicted octanol–water partition coefficient (Wildman–Crippen LogP) is 4.26. The van der Waals surface area contributed by atoms with Gasteiger partial charge in [-0.15, -0.1) is 0 Å². The van der Waals surface area contributed by atoms with Crippen LogP contribution in [0.2, 0.25) is 0 Å². The minimum absolute atomic E-state index is 0.0271. The van der Waals surface area contributed by atoms with Gasteiger partial charge >= 0.3 is 0 Å². The van der Waals surface area contributed by atoms with Crippen molar-refractivity contribution in [3.05, 3.63) is 65.7 Å². The highest BCUT2D eigenvalue weighted by molar-refractivity contribution is 5.29. The van der Waals surface area contributed by atoms with Gasteiger partial charge in [-0.3, -0.25) is 0 Å². The lowest BCUT2D eigenvalue weighted by molar-refractivity contribution is -0.183. The summed E-state index contributed by atoms with van der Waals surface area (Å²) in [5.74, 6) is 0.853. The van der Waals surface area contributed by atoms with Crippen molar-refractivity contribution in [2.24, 2.45) is 0 Å². The summed E-state index contributed by atoms with van der Waals surface area (Å²) >= 11 is 0. The fourth-order valence-electron chi connectivity index (χ4n) is 2.38. The van der Waals surface area contributed by atoms with Gasteiger partial charge in [0.05, 0.1) is 13.2 Å². The van der Waals surface area contributed by atoms with Gasteiger partial charge in [-0.1, -0.05) is 42.5 Å². The third-order valence-corrected chi connectivity index (χ3v) is 3.56. The van der Waals surface area contributed by atoms with Gasteiger partial charge in [0.1, 0.15) is 11.9 Å². The minimum Gasteiger partial charge on any atom is -0.486 e. The average molecular weight is 284 g/mol. The van der Waals surface area contributed by atoms with Crippen molar-refractivity contribution in [3.63, 3.8) is 0 Å². The first-order valence-electron chi connectivity index (χ1n) is 7.38. The van der Waals surface area contributed by atoms with Crippen molar-refractivity contribution in [1.29, 1.82) is 0 Å². The first-order chi connectivity index (χ1) is 10.3. The Balaban J connectivity index is 1.64. The van der Waals surface area contributed by atoms with Gasteiger partial charge in [0.25, 0.3) is 0 Å². The molecule has 1 atom stereocenters. The molecule has 1 fully saturated rings. The molecule has 1 aliphatic heterocycles. The van der Waals surface area contributed by atoms with Crippen LogP contribution in [0.4, 0.5) is 0 Å². The Morgan fingerprint density at radius 1 is 0.952 bits per heavy atom. The number of benzene rings is 2. The van der Waals surface area contributed by atoms with E-state index in [1.165, 1.54) is 5.56 Å². The van der Waals surface area contributed by atoms with E-state index in [1.807, 2.05) is 42.5 Å². The predicted molar refractivity (Wildman–Crippen MR) is 81.2 cm³/mol. The molecular weight excluding hydrogens is 264 g/mol. The van der Waals surface area contributed by atoms with Gasteiger partial charge in [0, 0.05) is 5.56 Å². The maximum Gasteiger partial charge on any atom is 0.183 e. The van der Waals surface area contributed by atoms with E-state index in [1.54, 1.807) is 0 Å². The molecule has 1 aliphatic rings.